The summed E-state index contributed by atoms with van der Waals surface area (Å²) in [5.74, 6) is -0.172. The second kappa shape index (κ2) is 8.26. The van der Waals surface area contributed by atoms with Crippen LogP contribution in [0.3, 0.4) is 0 Å². The lowest BCUT2D eigenvalue weighted by Gasteiger charge is -2.18. The largest absolute Gasteiger partial charge is 0.344 e. The van der Waals surface area contributed by atoms with Crippen LogP contribution < -0.4 is 5.32 Å². The van der Waals surface area contributed by atoms with Gasteiger partial charge in [0.05, 0.1) is 11.8 Å². The van der Waals surface area contributed by atoms with E-state index >= 15 is 0 Å². The minimum atomic E-state index is -0.297. The summed E-state index contributed by atoms with van der Waals surface area (Å²) in [5, 5.41) is 13.6. The van der Waals surface area contributed by atoms with E-state index < -0.39 is 0 Å². The molecule has 1 atom stereocenters. The molecule has 25 heavy (non-hydrogen) atoms. The van der Waals surface area contributed by atoms with E-state index in [2.05, 4.69) is 15.5 Å². The lowest BCUT2D eigenvalue weighted by atomic mass is 10.1. The van der Waals surface area contributed by atoms with Gasteiger partial charge in [0.2, 0.25) is 5.91 Å². The lowest BCUT2D eigenvalue weighted by molar-refractivity contribution is -0.119. The van der Waals surface area contributed by atoms with Crippen LogP contribution in [0.5, 0.6) is 0 Å². The summed E-state index contributed by atoms with van der Waals surface area (Å²) in [7, 11) is 0. The molecule has 3 rings (SSSR count). The first kappa shape index (κ1) is 17.6. The van der Waals surface area contributed by atoms with Crippen LogP contribution in [0.15, 0.2) is 53.3 Å². The van der Waals surface area contributed by atoms with Crippen molar-refractivity contribution in [3.8, 4) is 0 Å². The molecule has 0 aliphatic carbocycles. The van der Waals surface area contributed by atoms with E-state index in [4.69, 9.17) is 0 Å². The zero-order valence-corrected chi connectivity index (χ0v) is 15.2. The highest BCUT2D eigenvalue weighted by Crippen LogP contribution is 2.26. The third-order valence-electron chi connectivity index (χ3n) is 3.59. The Morgan fingerprint density at radius 3 is 2.84 bits per heavy atom. The van der Waals surface area contributed by atoms with Crippen molar-refractivity contribution in [2.45, 2.75) is 24.7 Å². The normalized spacial score (nSPS) is 12.1. The van der Waals surface area contributed by atoms with Crippen molar-refractivity contribution in [3.05, 3.63) is 64.4 Å². The fourth-order valence-corrected chi connectivity index (χ4v) is 3.93. The van der Waals surface area contributed by atoms with E-state index in [0.717, 1.165) is 17.0 Å². The Kier molecular flexibility index (Phi) is 5.83. The molecule has 5 nitrogen and oxygen atoms in total. The van der Waals surface area contributed by atoms with Crippen LogP contribution in [0.25, 0.3) is 0 Å². The van der Waals surface area contributed by atoms with Crippen molar-refractivity contribution in [2.24, 2.45) is 0 Å². The van der Waals surface area contributed by atoms with E-state index in [-0.39, 0.29) is 23.5 Å². The number of aryl methyl sites for hydroxylation is 1. The van der Waals surface area contributed by atoms with Crippen LogP contribution in [0.1, 0.15) is 23.4 Å². The van der Waals surface area contributed by atoms with Gasteiger partial charge in [0.25, 0.3) is 0 Å². The topological polar surface area (TPSA) is 59.8 Å². The number of halogens is 1. The number of hydrogen-bond donors (Lipinski definition) is 1. The maximum atomic E-state index is 13.2. The number of thioether (sulfide) groups is 1. The molecule has 8 heteroatoms. The van der Waals surface area contributed by atoms with Gasteiger partial charge in [0.15, 0.2) is 5.16 Å². The first-order chi connectivity index (χ1) is 12.2. The molecular formula is C17H17FN4OS2. The van der Waals surface area contributed by atoms with Crippen LogP contribution in [0.2, 0.25) is 0 Å². The van der Waals surface area contributed by atoms with E-state index in [9.17, 15) is 9.18 Å². The minimum Gasteiger partial charge on any atom is -0.344 e. The summed E-state index contributed by atoms with van der Waals surface area (Å²) < 4.78 is 15.1. The molecule has 0 radical (unpaired) electrons. The van der Waals surface area contributed by atoms with Gasteiger partial charge in [0, 0.05) is 11.4 Å². The molecule has 0 unspecified atom stereocenters. The minimum absolute atomic E-state index is 0.113. The Morgan fingerprint density at radius 2 is 2.16 bits per heavy atom. The number of amides is 1. The molecule has 0 bridgehead atoms. The molecule has 0 aliphatic rings. The number of hydrogen-bond acceptors (Lipinski definition) is 5. The van der Waals surface area contributed by atoms with Crippen molar-refractivity contribution >= 4 is 29.0 Å². The van der Waals surface area contributed by atoms with E-state index in [1.807, 2.05) is 29.0 Å². The zero-order chi connectivity index (χ0) is 17.6. The van der Waals surface area contributed by atoms with Crippen LogP contribution in [0.4, 0.5) is 4.39 Å². The number of carbonyl (C=O) groups is 1. The molecule has 0 spiro atoms. The maximum absolute atomic E-state index is 13.2. The summed E-state index contributed by atoms with van der Waals surface area (Å²) in [5.41, 5.74) is 0.846. The molecule has 0 fully saturated rings. The SMILES string of the molecule is CCn1cnnc1SCC(=O)N[C@H](c1ccc(F)cc1)c1cccs1. The van der Waals surface area contributed by atoms with E-state index in [1.54, 1.807) is 29.8 Å². The molecule has 2 aromatic heterocycles. The highest BCUT2D eigenvalue weighted by Gasteiger charge is 2.18. The van der Waals surface area contributed by atoms with Gasteiger partial charge in [0.1, 0.15) is 12.1 Å². The van der Waals surface area contributed by atoms with Crippen molar-refractivity contribution in [3.63, 3.8) is 0 Å². The second-order valence-electron chi connectivity index (χ2n) is 5.26. The summed E-state index contributed by atoms with van der Waals surface area (Å²) in [6.45, 7) is 2.75. The van der Waals surface area contributed by atoms with Gasteiger partial charge >= 0.3 is 0 Å². The highest BCUT2D eigenvalue weighted by atomic mass is 32.2. The lowest BCUT2D eigenvalue weighted by Crippen LogP contribution is -2.30. The molecule has 1 N–H and O–H groups in total. The van der Waals surface area contributed by atoms with Crippen molar-refractivity contribution in [1.82, 2.24) is 20.1 Å². The number of nitrogens with zero attached hydrogens (tertiary/aromatic N) is 3. The van der Waals surface area contributed by atoms with Gasteiger partial charge in [-0.2, -0.15) is 0 Å². The summed E-state index contributed by atoms with van der Waals surface area (Å²) >= 11 is 2.90. The first-order valence-corrected chi connectivity index (χ1v) is 9.62. The van der Waals surface area contributed by atoms with Gasteiger partial charge in [-0.3, -0.25) is 4.79 Å². The predicted molar refractivity (Wildman–Crippen MR) is 97.1 cm³/mol. The summed E-state index contributed by atoms with van der Waals surface area (Å²) in [6, 6.07) is 9.79. The smallest absolute Gasteiger partial charge is 0.231 e. The van der Waals surface area contributed by atoms with Crippen LogP contribution in [-0.4, -0.2) is 26.4 Å². The Morgan fingerprint density at radius 1 is 1.36 bits per heavy atom. The van der Waals surface area contributed by atoms with Crippen LogP contribution in [0, 0.1) is 5.82 Å². The molecule has 3 aromatic rings. The zero-order valence-electron chi connectivity index (χ0n) is 13.6. The van der Waals surface area contributed by atoms with E-state index in [1.165, 1.54) is 23.9 Å². The Balaban J connectivity index is 1.70. The Labute approximate surface area is 153 Å². The average molecular weight is 376 g/mol. The number of carbonyl (C=O) groups excluding carboxylic acids is 1. The third kappa shape index (κ3) is 4.46. The van der Waals surface area contributed by atoms with E-state index in [0.29, 0.717) is 5.16 Å². The molecule has 0 saturated carbocycles. The standard InChI is InChI=1S/C17H17FN4OS2/c1-2-22-11-19-21-17(22)25-10-15(23)20-16(14-4-3-9-24-14)12-5-7-13(18)8-6-12/h3-9,11,16H,2,10H2,1H3,(H,20,23)/t16-/m1/s1. The maximum Gasteiger partial charge on any atom is 0.231 e. The molecule has 2 heterocycles. The molecule has 130 valence electrons. The summed E-state index contributed by atoms with van der Waals surface area (Å²) in [6.07, 6.45) is 1.65. The van der Waals surface area contributed by atoms with Crippen molar-refractivity contribution in [2.75, 3.05) is 5.75 Å². The number of rotatable bonds is 7. The predicted octanol–water partition coefficient (Wildman–Crippen LogP) is 3.50. The number of benzene rings is 1. The fraction of sp³-hybridized carbons (Fsp3) is 0.235. The molecular weight excluding hydrogens is 359 g/mol. The Hall–Kier alpha value is -2.19. The first-order valence-electron chi connectivity index (χ1n) is 7.76. The second-order valence-corrected chi connectivity index (χ2v) is 7.18. The number of nitrogens with one attached hydrogen (secondary N) is 1. The van der Waals surface area contributed by atoms with Crippen molar-refractivity contribution < 1.29 is 9.18 Å². The van der Waals surface area contributed by atoms with Crippen LogP contribution >= 0.6 is 23.1 Å². The van der Waals surface area contributed by atoms with Crippen LogP contribution in [-0.2, 0) is 11.3 Å². The van der Waals surface area contributed by atoms with Gasteiger partial charge in [-0.15, -0.1) is 21.5 Å². The molecule has 1 aromatic carbocycles. The molecule has 0 aliphatic heterocycles. The van der Waals surface area contributed by atoms with Crippen molar-refractivity contribution in [1.29, 1.82) is 0 Å². The molecule has 0 saturated heterocycles. The van der Waals surface area contributed by atoms with Gasteiger partial charge in [-0.1, -0.05) is 30.0 Å². The number of thiophene rings is 1. The third-order valence-corrected chi connectivity index (χ3v) is 5.51. The number of aromatic nitrogens is 3. The van der Waals surface area contributed by atoms with Gasteiger partial charge in [-0.25, -0.2) is 4.39 Å². The average Bonchev–Trinajstić information content (AvgIpc) is 3.30. The highest BCUT2D eigenvalue weighted by molar-refractivity contribution is 7.99. The Bertz CT molecular complexity index is 818. The quantitative estimate of drug-likeness (QED) is 0.641. The fourth-order valence-electron chi connectivity index (χ4n) is 2.34. The van der Waals surface area contributed by atoms with Gasteiger partial charge < -0.3 is 9.88 Å². The van der Waals surface area contributed by atoms with Gasteiger partial charge in [-0.05, 0) is 36.1 Å². The molecule has 1 amide bonds. The monoisotopic (exact) mass is 376 g/mol. The summed E-state index contributed by atoms with van der Waals surface area (Å²) in [4.78, 5) is 13.4.